The van der Waals surface area contributed by atoms with Gasteiger partial charge < -0.3 is 14.7 Å². The van der Waals surface area contributed by atoms with Crippen molar-refractivity contribution in [1.82, 2.24) is 20.4 Å². The molecule has 2 heterocycles. The highest BCUT2D eigenvalue weighted by Crippen LogP contribution is 2.31. The van der Waals surface area contributed by atoms with Gasteiger partial charge in [-0.1, -0.05) is 11.1 Å². The molecule has 2 rings (SSSR count). The molecule has 2 amide bonds. The first-order chi connectivity index (χ1) is 11.3. The average Bonchev–Trinajstić information content (AvgIpc) is 3.18. The molecule has 0 aromatic carbocycles. The molecule has 24 heavy (non-hydrogen) atoms. The fourth-order valence-corrected chi connectivity index (χ4v) is 2.72. The third kappa shape index (κ3) is 4.26. The van der Waals surface area contributed by atoms with Crippen LogP contribution in [0.2, 0.25) is 0 Å². The molecule has 0 bridgehead atoms. The molecule has 0 saturated heterocycles. The van der Waals surface area contributed by atoms with E-state index in [1.807, 2.05) is 0 Å². The molecule has 128 valence electrons. The van der Waals surface area contributed by atoms with Crippen LogP contribution in [0.4, 0.5) is 18.0 Å². The normalized spacial score (nSPS) is 11.1. The van der Waals surface area contributed by atoms with Gasteiger partial charge in [0.2, 0.25) is 5.82 Å². The maximum absolute atomic E-state index is 12.5. The van der Waals surface area contributed by atoms with E-state index >= 15 is 0 Å². The summed E-state index contributed by atoms with van der Waals surface area (Å²) in [4.78, 5) is 17.9. The lowest BCUT2D eigenvalue weighted by Crippen LogP contribution is -2.39. The van der Waals surface area contributed by atoms with E-state index in [4.69, 9.17) is 6.42 Å². The summed E-state index contributed by atoms with van der Waals surface area (Å²) in [6.45, 7) is 2.67. The summed E-state index contributed by atoms with van der Waals surface area (Å²) in [5, 5.41) is 5.88. The van der Waals surface area contributed by atoms with Gasteiger partial charge in [0.1, 0.15) is 0 Å². The van der Waals surface area contributed by atoms with E-state index in [1.165, 1.54) is 16.2 Å². The minimum absolute atomic E-state index is 0.119. The van der Waals surface area contributed by atoms with Gasteiger partial charge >= 0.3 is 18.1 Å². The minimum Gasteiger partial charge on any atom is -0.329 e. The standard InChI is InChI=1S/C14H13F3N4O2S/c1-3-7-18-13(22)21(4-2)8-9-5-6-10(24-9)11-19-12(23-20-11)14(15,16)17/h1,5-6H,4,7-8H2,2H3,(H,18,22). The van der Waals surface area contributed by atoms with Crippen molar-refractivity contribution in [2.24, 2.45) is 0 Å². The fourth-order valence-electron chi connectivity index (χ4n) is 1.78. The van der Waals surface area contributed by atoms with E-state index in [0.29, 0.717) is 18.0 Å². The quantitative estimate of drug-likeness (QED) is 0.834. The van der Waals surface area contributed by atoms with Crippen LogP contribution in [0.5, 0.6) is 0 Å². The van der Waals surface area contributed by atoms with Crippen molar-refractivity contribution < 1.29 is 22.5 Å². The molecule has 0 atom stereocenters. The number of urea groups is 1. The Hall–Kier alpha value is -2.54. The van der Waals surface area contributed by atoms with E-state index in [-0.39, 0.29) is 18.4 Å². The highest BCUT2D eigenvalue weighted by Gasteiger charge is 2.38. The molecule has 2 aromatic rings. The first-order valence-corrected chi connectivity index (χ1v) is 7.63. The van der Waals surface area contributed by atoms with Crippen LogP contribution in [-0.4, -0.2) is 34.2 Å². The molecular weight excluding hydrogens is 345 g/mol. The molecule has 0 fully saturated rings. The van der Waals surface area contributed by atoms with Crippen molar-refractivity contribution in [2.75, 3.05) is 13.1 Å². The summed E-state index contributed by atoms with van der Waals surface area (Å²) in [5.41, 5.74) is 0. The predicted molar refractivity (Wildman–Crippen MR) is 80.9 cm³/mol. The van der Waals surface area contributed by atoms with Crippen molar-refractivity contribution in [3.63, 3.8) is 0 Å². The first-order valence-electron chi connectivity index (χ1n) is 6.81. The number of nitrogens with zero attached hydrogens (tertiary/aromatic N) is 3. The Morgan fingerprint density at radius 2 is 2.25 bits per heavy atom. The maximum Gasteiger partial charge on any atom is 0.471 e. The molecule has 0 aliphatic rings. The summed E-state index contributed by atoms with van der Waals surface area (Å²) in [5.74, 6) is 0.774. The second-order valence-corrected chi connectivity index (χ2v) is 5.73. The molecule has 0 unspecified atom stereocenters. The van der Waals surface area contributed by atoms with Crippen LogP contribution in [0.15, 0.2) is 16.7 Å². The molecule has 0 aliphatic carbocycles. The highest BCUT2D eigenvalue weighted by molar-refractivity contribution is 7.15. The van der Waals surface area contributed by atoms with Gasteiger partial charge in [0.15, 0.2) is 0 Å². The van der Waals surface area contributed by atoms with E-state index in [1.54, 1.807) is 19.1 Å². The van der Waals surface area contributed by atoms with Crippen LogP contribution in [0.25, 0.3) is 10.7 Å². The number of nitrogens with one attached hydrogen (secondary N) is 1. The number of carbonyl (C=O) groups is 1. The number of aromatic nitrogens is 2. The Morgan fingerprint density at radius 1 is 1.50 bits per heavy atom. The van der Waals surface area contributed by atoms with Crippen LogP contribution in [0.1, 0.15) is 17.7 Å². The molecule has 0 spiro atoms. The van der Waals surface area contributed by atoms with Gasteiger partial charge in [-0.25, -0.2) is 4.79 Å². The third-order valence-electron chi connectivity index (χ3n) is 2.91. The number of hydrogen-bond donors (Lipinski definition) is 1. The maximum atomic E-state index is 12.5. The molecule has 10 heteroatoms. The number of hydrogen-bond acceptors (Lipinski definition) is 5. The number of amides is 2. The lowest BCUT2D eigenvalue weighted by molar-refractivity contribution is -0.159. The van der Waals surface area contributed by atoms with Crippen LogP contribution in [0, 0.1) is 12.3 Å². The molecular formula is C14H13F3N4O2S. The molecule has 6 nitrogen and oxygen atoms in total. The van der Waals surface area contributed by atoms with Crippen molar-refractivity contribution >= 4 is 17.4 Å². The Bertz CT molecular complexity index is 748. The van der Waals surface area contributed by atoms with E-state index in [2.05, 4.69) is 25.9 Å². The minimum atomic E-state index is -4.68. The number of thiophene rings is 1. The second kappa shape index (κ2) is 7.35. The van der Waals surface area contributed by atoms with Crippen LogP contribution < -0.4 is 5.32 Å². The van der Waals surface area contributed by atoms with Gasteiger partial charge in [-0.05, 0) is 19.1 Å². The molecule has 1 N–H and O–H groups in total. The lowest BCUT2D eigenvalue weighted by atomic mass is 10.4. The largest absolute Gasteiger partial charge is 0.471 e. The zero-order chi connectivity index (χ0) is 17.7. The van der Waals surface area contributed by atoms with E-state index in [9.17, 15) is 18.0 Å². The summed E-state index contributed by atoms with van der Waals surface area (Å²) < 4.78 is 41.6. The van der Waals surface area contributed by atoms with Crippen LogP contribution >= 0.6 is 11.3 Å². The summed E-state index contributed by atoms with van der Waals surface area (Å²) >= 11 is 1.18. The van der Waals surface area contributed by atoms with Gasteiger partial charge in [-0.2, -0.15) is 18.2 Å². The molecule has 2 aromatic heterocycles. The zero-order valence-electron chi connectivity index (χ0n) is 12.6. The van der Waals surface area contributed by atoms with E-state index < -0.39 is 12.1 Å². The summed E-state index contributed by atoms with van der Waals surface area (Å²) in [6, 6.07) is 2.96. The highest BCUT2D eigenvalue weighted by atomic mass is 32.1. The number of alkyl halides is 3. The van der Waals surface area contributed by atoms with E-state index in [0.717, 1.165) is 4.88 Å². The fraction of sp³-hybridized carbons (Fsp3) is 0.357. The van der Waals surface area contributed by atoms with Crippen molar-refractivity contribution in [3.05, 3.63) is 22.9 Å². The first kappa shape index (κ1) is 17.8. The number of rotatable bonds is 5. The molecule has 0 saturated carbocycles. The van der Waals surface area contributed by atoms with Crippen molar-refractivity contribution in [3.8, 4) is 23.0 Å². The smallest absolute Gasteiger partial charge is 0.329 e. The number of halogens is 3. The van der Waals surface area contributed by atoms with Crippen molar-refractivity contribution in [2.45, 2.75) is 19.6 Å². The summed E-state index contributed by atoms with van der Waals surface area (Å²) in [7, 11) is 0. The van der Waals surface area contributed by atoms with Crippen LogP contribution in [0.3, 0.4) is 0 Å². The number of terminal acetylenes is 1. The Morgan fingerprint density at radius 3 is 2.83 bits per heavy atom. The van der Waals surface area contributed by atoms with Crippen molar-refractivity contribution in [1.29, 1.82) is 0 Å². The monoisotopic (exact) mass is 358 g/mol. The Balaban J connectivity index is 2.08. The SMILES string of the molecule is C#CCNC(=O)N(CC)Cc1ccc(-c2noc(C(F)(F)F)n2)s1. The molecule has 0 radical (unpaired) electrons. The molecule has 0 aliphatic heterocycles. The van der Waals surface area contributed by atoms with Gasteiger partial charge in [-0.15, -0.1) is 17.8 Å². The lowest BCUT2D eigenvalue weighted by Gasteiger charge is -2.19. The Labute approximate surface area is 139 Å². The third-order valence-corrected chi connectivity index (χ3v) is 3.97. The summed E-state index contributed by atoms with van der Waals surface area (Å²) in [6.07, 6.45) is 0.406. The number of carbonyl (C=O) groups excluding carboxylic acids is 1. The van der Waals surface area contributed by atoms with Crippen LogP contribution in [-0.2, 0) is 12.7 Å². The van der Waals surface area contributed by atoms with Gasteiger partial charge in [0.05, 0.1) is 18.0 Å². The van der Waals surface area contributed by atoms with Gasteiger partial charge in [-0.3, -0.25) is 0 Å². The second-order valence-electron chi connectivity index (χ2n) is 4.56. The van der Waals surface area contributed by atoms with Gasteiger partial charge in [0.25, 0.3) is 0 Å². The predicted octanol–water partition coefficient (Wildman–Crippen LogP) is 2.98. The zero-order valence-corrected chi connectivity index (χ0v) is 13.4. The average molecular weight is 358 g/mol. The Kier molecular flexibility index (Phi) is 5.46. The topological polar surface area (TPSA) is 71.3 Å². The van der Waals surface area contributed by atoms with Gasteiger partial charge in [0, 0.05) is 11.4 Å².